The Morgan fingerprint density at radius 3 is 1.07 bits per heavy atom. The first-order valence-corrected chi connectivity index (χ1v) is 10.1. The van der Waals surface area contributed by atoms with Crippen molar-refractivity contribution in [1.82, 2.24) is 0 Å². The predicted octanol–water partition coefficient (Wildman–Crippen LogP) is 5.38. The Labute approximate surface area is 163 Å². The molecule has 0 aromatic heterocycles. The summed E-state index contributed by atoms with van der Waals surface area (Å²) in [5, 5.41) is 45.4. The molecular weight excluding hydrogens is 334 g/mol. The molecular formula is C22H29N5. The fourth-order valence-electron chi connectivity index (χ4n) is 4.97. The zero-order valence-corrected chi connectivity index (χ0v) is 16.1. The highest BCUT2D eigenvalue weighted by Gasteiger charge is 2.38. The van der Waals surface area contributed by atoms with Crippen molar-refractivity contribution in [3.05, 3.63) is 0 Å². The Morgan fingerprint density at radius 2 is 0.741 bits per heavy atom. The van der Waals surface area contributed by atoms with Crippen LogP contribution in [0.25, 0.3) is 0 Å². The van der Waals surface area contributed by atoms with Gasteiger partial charge in [0.05, 0.1) is 30.3 Å². The molecule has 1 saturated carbocycles. The molecule has 0 saturated heterocycles. The van der Waals surface area contributed by atoms with E-state index in [1.54, 1.807) is 0 Å². The third-order valence-electron chi connectivity index (χ3n) is 6.19. The first kappa shape index (κ1) is 22.5. The summed E-state index contributed by atoms with van der Waals surface area (Å²) in [4.78, 5) is 0. The molecule has 4 atom stereocenters. The van der Waals surface area contributed by atoms with Crippen molar-refractivity contribution in [2.75, 3.05) is 0 Å². The third kappa shape index (κ3) is 7.69. The van der Waals surface area contributed by atoms with Gasteiger partial charge in [-0.15, -0.1) is 0 Å². The first-order valence-electron chi connectivity index (χ1n) is 10.1. The average molecular weight is 364 g/mol. The molecule has 0 bridgehead atoms. The quantitative estimate of drug-likeness (QED) is 0.482. The maximum atomic E-state index is 9.10. The third-order valence-corrected chi connectivity index (χ3v) is 6.19. The van der Waals surface area contributed by atoms with Gasteiger partial charge in [0.25, 0.3) is 0 Å². The summed E-state index contributed by atoms with van der Waals surface area (Å²) in [7, 11) is 0. The van der Waals surface area contributed by atoms with Gasteiger partial charge in [0.15, 0.2) is 0 Å². The van der Waals surface area contributed by atoms with Gasteiger partial charge in [0.1, 0.15) is 0 Å². The standard InChI is InChI=1S/C22H29N5/c23-11-1-6-18-16-20(8-3-13-25)22(10-5-15-27)21(9-4-14-26)17-19(18)7-2-12-24/h18-22H,1-10,16-17H2. The van der Waals surface area contributed by atoms with Crippen LogP contribution in [0.4, 0.5) is 0 Å². The molecule has 0 heterocycles. The SMILES string of the molecule is N#CCCC1CC(CCC#N)C(CCC#N)C(CCC#N)CC1CCC#N. The fraction of sp³-hybridized carbons (Fsp3) is 0.773. The monoisotopic (exact) mass is 363 g/mol. The largest absolute Gasteiger partial charge is 0.198 e. The second-order valence-electron chi connectivity index (χ2n) is 7.66. The molecule has 1 rings (SSSR count). The van der Waals surface area contributed by atoms with Crippen LogP contribution in [0.5, 0.6) is 0 Å². The highest BCUT2D eigenvalue weighted by molar-refractivity contribution is 4.93. The van der Waals surface area contributed by atoms with Gasteiger partial charge in [0, 0.05) is 32.1 Å². The molecule has 5 heteroatoms. The molecule has 0 aromatic rings. The summed E-state index contributed by atoms with van der Waals surface area (Å²) >= 11 is 0. The lowest BCUT2D eigenvalue weighted by molar-refractivity contribution is 0.190. The molecule has 5 nitrogen and oxygen atoms in total. The number of nitriles is 5. The van der Waals surface area contributed by atoms with Crippen LogP contribution in [0.2, 0.25) is 0 Å². The number of nitrogens with zero attached hydrogens (tertiary/aromatic N) is 5. The molecule has 0 amide bonds. The molecule has 0 spiro atoms. The van der Waals surface area contributed by atoms with Crippen LogP contribution in [-0.2, 0) is 0 Å². The second-order valence-corrected chi connectivity index (χ2v) is 7.66. The minimum atomic E-state index is 0.350. The lowest BCUT2D eigenvalue weighted by Gasteiger charge is -2.31. The van der Waals surface area contributed by atoms with E-state index < -0.39 is 0 Å². The first-order chi connectivity index (χ1) is 13.2. The summed E-state index contributed by atoms with van der Waals surface area (Å²) in [5.74, 6) is 1.84. The van der Waals surface area contributed by atoms with Crippen LogP contribution in [0.15, 0.2) is 0 Å². The summed E-state index contributed by atoms with van der Waals surface area (Å²) in [5.41, 5.74) is 0. The van der Waals surface area contributed by atoms with Crippen molar-refractivity contribution < 1.29 is 0 Å². The van der Waals surface area contributed by atoms with Crippen LogP contribution in [0.1, 0.15) is 77.0 Å². The number of hydrogen-bond acceptors (Lipinski definition) is 5. The van der Waals surface area contributed by atoms with Gasteiger partial charge in [-0.1, -0.05) is 0 Å². The van der Waals surface area contributed by atoms with E-state index in [0.717, 1.165) is 44.9 Å². The normalized spacial score (nSPS) is 27.1. The van der Waals surface area contributed by atoms with Gasteiger partial charge in [-0.3, -0.25) is 0 Å². The van der Waals surface area contributed by atoms with Crippen molar-refractivity contribution >= 4 is 0 Å². The van der Waals surface area contributed by atoms with E-state index in [0.29, 0.717) is 61.7 Å². The van der Waals surface area contributed by atoms with Gasteiger partial charge in [-0.05, 0) is 74.5 Å². The minimum absolute atomic E-state index is 0.350. The Morgan fingerprint density at radius 1 is 0.444 bits per heavy atom. The van der Waals surface area contributed by atoms with E-state index in [1.165, 1.54) is 0 Å². The van der Waals surface area contributed by atoms with Crippen LogP contribution in [0, 0.1) is 86.2 Å². The van der Waals surface area contributed by atoms with Crippen LogP contribution >= 0.6 is 0 Å². The van der Waals surface area contributed by atoms with Crippen LogP contribution in [-0.4, -0.2) is 0 Å². The predicted molar refractivity (Wildman–Crippen MR) is 101 cm³/mol. The summed E-state index contributed by atoms with van der Waals surface area (Å²) < 4.78 is 0. The smallest absolute Gasteiger partial charge is 0.0621 e. The Kier molecular flexibility index (Phi) is 11.4. The molecule has 27 heavy (non-hydrogen) atoms. The molecule has 0 N–H and O–H groups in total. The van der Waals surface area contributed by atoms with Crippen LogP contribution < -0.4 is 0 Å². The minimum Gasteiger partial charge on any atom is -0.198 e. The molecule has 1 fully saturated rings. The Balaban J connectivity index is 3.13. The van der Waals surface area contributed by atoms with Gasteiger partial charge in [-0.2, -0.15) is 26.3 Å². The van der Waals surface area contributed by atoms with E-state index in [9.17, 15) is 0 Å². The van der Waals surface area contributed by atoms with Crippen molar-refractivity contribution in [1.29, 1.82) is 26.3 Å². The Hall–Kier alpha value is -2.55. The van der Waals surface area contributed by atoms with E-state index in [1.807, 2.05) is 0 Å². The number of hydrogen-bond donors (Lipinski definition) is 0. The molecule has 0 aromatic carbocycles. The van der Waals surface area contributed by atoms with Gasteiger partial charge in [0.2, 0.25) is 0 Å². The highest BCUT2D eigenvalue weighted by Crippen LogP contribution is 2.47. The number of rotatable bonds is 10. The zero-order valence-electron chi connectivity index (χ0n) is 16.1. The van der Waals surface area contributed by atoms with Crippen molar-refractivity contribution in [2.24, 2.45) is 29.6 Å². The molecule has 4 unspecified atom stereocenters. The summed E-state index contributed by atoms with van der Waals surface area (Å²) in [6, 6.07) is 11.3. The molecule has 0 aliphatic heterocycles. The van der Waals surface area contributed by atoms with E-state index in [4.69, 9.17) is 26.3 Å². The van der Waals surface area contributed by atoms with Gasteiger partial charge >= 0.3 is 0 Å². The van der Waals surface area contributed by atoms with Gasteiger partial charge < -0.3 is 0 Å². The maximum absolute atomic E-state index is 9.10. The van der Waals surface area contributed by atoms with Gasteiger partial charge in [-0.25, -0.2) is 0 Å². The van der Waals surface area contributed by atoms with Crippen molar-refractivity contribution in [2.45, 2.75) is 77.0 Å². The Bertz CT molecular complexity index is 588. The second kappa shape index (κ2) is 13.6. The fourth-order valence-corrected chi connectivity index (χ4v) is 4.97. The van der Waals surface area contributed by atoms with Crippen molar-refractivity contribution in [3.63, 3.8) is 0 Å². The van der Waals surface area contributed by atoms with Crippen LogP contribution in [0.3, 0.4) is 0 Å². The molecule has 0 radical (unpaired) electrons. The molecule has 142 valence electrons. The van der Waals surface area contributed by atoms with E-state index in [-0.39, 0.29) is 0 Å². The average Bonchev–Trinajstić information content (AvgIpc) is 2.82. The van der Waals surface area contributed by atoms with E-state index in [2.05, 4.69) is 30.3 Å². The van der Waals surface area contributed by atoms with Crippen molar-refractivity contribution in [3.8, 4) is 30.3 Å². The molecule has 1 aliphatic rings. The lowest BCUT2D eigenvalue weighted by Crippen LogP contribution is -2.23. The maximum Gasteiger partial charge on any atom is 0.0621 e. The molecule has 1 aliphatic carbocycles. The zero-order chi connectivity index (χ0) is 19.9. The summed E-state index contributed by atoms with van der Waals surface area (Å²) in [6.07, 6.45) is 8.64. The summed E-state index contributed by atoms with van der Waals surface area (Å²) in [6.45, 7) is 0. The highest BCUT2D eigenvalue weighted by atomic mass is 14.4. The van der Waals surface area contributed by atoms with E-state index >= 15 is 0 Å². The lowest BCUT2D eigenvalue weighted by atomic mass is 9.73. The topological polar surface area (TPSA) is 119 Å².